The van der Waals surface area contributed by atoms with Gasteiger partial charge in [0.25, 0.3) is 0 Å². The van der Waals surface area contributed by atoms with Crippen LogP contribution in [-0.4, -0.2) is 27.7 Å². The molecule has 6 heteroatoms. The highest BCUT2D eigenvalue weighted by molar-refractivity contribution is 5.82. The van der Waals surface area contributed by atoms with Crippen LogP contribution in [0.25, 0.3) is 10.9 Å². The van der Waals surface area contributed by atoms with E-state index in [1.165, 1.54) is 0 Å². The first-order valence-corrected chi connectivity index (χ1v) is 5.02. The Balaban J connectivity index is 2.45. The Labute approximate surface area is 95.3 Å². The second-order valence-electron chi connectivity index (χ2n) is 3.69. The summed E-state index contributed by atoms with van der Waals surface area (Å²) >= 11 is 0. The van der Waals surface area contributed by atoms with E-state index in [1.54, 1.807) is 24.3 Å². The lowest BCUT2D eigenvalue weighted by molar-refractivity contribution is -0.138. The van der Waals surface area contributed by atoms with Crippen molar-refractivity contribution in [2.75, 3.05) is 0 Å². The fraction of sp³-hybridized carbons (Fsp3) is 0.273. The van der Waals surface area contributed by atoms with Gasteiger partial charge in [-0.15, -0.1) is 0 Å². The lowest BCUT2D eigenvalue weighted by atomic mass is 9.99. The van der Waals surface area contributed by atoms with Crippen molar-refractivity contribution in [2.24, 2.45) is 0 Å². The molecule has 0 aliphatic carbocycles. The maximum atomic E-state index is 12.8. The van der Waals surface area contributed by atoms with Crippen LogP contribution in [0.2, 0.25) is 0 Å². The summed E-state index contributed by atoms with van der Waals surface area (Å²) in [6.07, 6.45) is -3.36. The number of rotatable bonds is 4. The number of hydrogen-bond donors (Lipinski definition) is 2. The van der Waals surface area contributed by atoms with Gasteiger partial charge < -0.3 is 5.11 Å². The first kappa shape index (κ1) is 11.5. The van der Waals surface area contributed by atoms with Crippen LogP contribution < -0.4 is 0 Å². The minimum atomic E-state index is -2.74. The Morgan fingerprint density at radius 1 is 1.41 bits per heavy atom. The molecule has 0 spiro atoms. The first-order valence-electron chi connectivity index (χ1n) is 5.02. The van der Waals surface area contributed by atoms with Gasteiger partial charge in [-0.25, -0.2) is 8.78 Å². The van der Waals surface area contributed by atoms with Crippen molar-refractivity contribution in [3.8, 4) is 0 Å². The smallest absolute Gasteiger partial charge is 0.304 e. The number of hydrogen-bond acceptors (Lipinski definition) is 2. The van der Waals surface area contributed by atoms with Gasteiger partial charge in [0.2, 0.25) is 6.43 Å². The van der Waals surface area contributed by atoms with Crippen LogP contribution in [0.15, 0.2) is 24.3 Å². The number of carbonyl (C=O) groups is 1. The molecule has 0 fully saturated rings. The molecule has 90 valence electrons. The fourth-order valence-corrected chi connectivity index (χ4v) is 1.77. The predicted octanol–water partition coefficient (Wildman–Crippen LogP) is 2.39. The number of H-pyrrole nitrogens is 1. The maximum Gasteiger partial charge on any atom is 0.304 e. The standard InChI is InChI=1S/C11H10F2N2O2/c12-11(13)7(5-9(16)17)10-6-3-1-2-4-8(6)14-15-10/h1-4,7,11H,5H2,(H,14,15)(H,16,17). The van der Waals surface area contributed by atoms with Gasteiger partial charge in [-0.05, 0) is 6.07 Å². The number of aliphatic carboxylic acids is 1. The van der Waals surface area contributed by atoms with Crippen LogP contribution in [0.5, 0.6) is 0 Å². The van der Waals surface area contributed by atoms with Gasteiger partial charge in [0.15, 0.2) is 0 Å². The van der Waals surface area contributed by atoms with Crippen LogP contribution in [-0.2, 0) is 4.79 Å². The Hall–Kier alpha value is -1.98. The number of aromatic amines is 1. The van der Waals surface area contributed by atoms with Crippen molar-refractivity contribution >= 4 is 16.9 Å². The van der Waals surface area contributed by atoms with E-state index < -0.39 is 24.7 Å². The first-order chi connectivity index (χ1) is 8.09. The number of carboxylic acid groups (broad SMARTS) is 1. The summed E-state index contributed by atoms with van der Waals surface area (Å²) in [6, 6.07) is 6.76. The van der Waals surface area contributed by atoms with Gasteiger partial charge in [0.05, 0.1) is 23.5 Å². The fourth-order valence-electron chi connectivity index (χ4n) is 1.77. The molecule has 4 nitrogen and oxygen atoms in total. The molecule has 1 aromatic carbocycles. The number of halogens is 2. The minimum absolute atomic E-state index is 0.179. The molecule has 2 aromatic rings. The zero-order valence-electron chi connectivity index (χ0n) is 8.73. The second-order valence-corrected chi connectivity index (χ2v) is 3.69. The van der Waals surface area contributed by atoms with Gasteiger partial charge in [-0.1, -0.05) is 18.2 Å². The van der Waals surface area contributed by atoms with E-state index >= 15 is 0 Å². The van der Waals surface area contributed by atoms with Gasteiger partial charge in [-0.2, -0.15) is 5.10 Å². The lowest BCUT2D eigenvalue weighted by Crippen LogP contribution is -2.14. The molecule has 0 amide bonds. The monoisotopic (exact) mass is 240 g/mol. The van der Waals surface area contributed by atoms with Gasteiger partial charge in [-0.3, -0.25) is 9.89 Å². The number of carboxylic acids is 1. The molecule has 1 heterocycles. The van der Waals surface area contributed by atoms with E-state index in [0.29, 0.717) is 10.9 Å². The predicted molar refractivity (Wildman–Crippen MR) is 57.1 cm³/mol. The largest absolute Gasteiger partial charge is 0.481 e. The summed E-state index contributed by atoms with van der Waals surface area (Å²) in [4.78, 5) is 10.6. The van der Waals surface area contributed by atoms with Crippen LogP contribution in [0.4, 0.5) is 8.78 Å². The molecule has 0 bridgehead atoms. The molecule has 0 radical (unpaired) electrons. The number of benzene rings is 1. The number of alkyl halides is 2. The van der Waals surface area contributed by atoms with E-state index in [9.17, 15) is 13.6 Å². The van der Waals surface area contributed by atoms with E-state index in [4.69, 9.17) is 5.11 Å². The van der Waals surface area contributed by atoms with Crippen molar-refractivity contribution in [1.29, 1.82) is 0 Å². The molecular formula is C11H10F2N2O2. The van der Waals surface area contributed by atoms with E-state index in [-0.39, 0.29) is 5.69 Å². The summed E-state index contributed by atoms with van der Waals surface area (Å²) in [7, 11) is 0. The molecule has 0 saturated heterocycles. The normalized spacial score (nSPS) is 13.1. The van der Waals surface area contributed by atoms with Crippen LogP contribution >= 0.6 is 0 Å². The van der Waals surface area contributed by atoms with Crippen molar-refractivity contribution < 1.29 is 18.7 Å². The molecule has 1 unspecified atom stereocenters. The van der Waals surface area contributed by atoms with Crippen LogP contribution in [0.3, 0.4) is 0 Å². The number of nitrogens with zero attached hydrogens (tertiary/aromatic N) is 1. The summed E-state index contributed by atoms with van der Waals surface area (Å²) in [6.45, 7) is 0. The average molecular weight is 240 g/mol. The molecule has 17 heavy (non-hydrogen) atoms. The molecular weight excluding hydrogens is 230 g/mol. The quantitative estimate of drug-likeness (QED) is 0.862. The molecule has 2 rings (SSSR count). The van der Waals surface area contributed by atoms with Gasteiger partial charge >= 0.3 is 5.97 Å². The highest BCUT2D eigenvalue weighted by Gasteiger charge is 2.28. The van der Waals surface area contributed by atoms with Gasteiger partial charge in [0.1, 0.15) is 0 Å². The van der Waals surface area contributed by atoms with Crippen LogP contribution in [0, 0.1) is 0 Å². The number of para-hydroxylation sites is 1. The van der Waals surface area contributed by atoms with E-state index in [2.05, 4.69) is 10.2 Å². The third-order valence-electron chi connectivity index (χ3n) is 2.56. The molecule has 0 saturated carbocycles. The number of nitrogens with one attached hydrogen (secondary N) is 1. The molecule has 0 aliphatic rings. The highest BCUT2D eigenvalue weighted by atomic mass is 19.3. The third-order valence-corrected chi connectivity index (χ3v) is 2.56. The molecule has 1 atom stereocenters. The van der Waals surface area contributed by atoms with Crippen molar-refractivity contribution in [3.05, 3.63) is 30.0 Å². The summed E-state index contributed by atoms with van der Waals surface area (Å²) in [5, 5.41) is 15.6. The molecule has 0 aliphatic heterocycles. The van der Waals surface area contributed by atoms with Crippen LogP contribution in [0.1, 0.15) is 18.0 Å². The average Bonchev–Trinajstić information content (AvgIpc) is 2.69. The van der Waals surface area contributed by atoms with Crippen molar-refractivity contribution in [1.82, 2.24) is 10.2 Å². The molecule has 2 N–H and O–H groups in total. The SMILES string of the molecule is O=C(O)CC(c1[nH]nc2ccccc12)C(F)F. The number of fused-ring (bicyclic) bond motifs is 1. The minimum Gasteiger partial charge on any atom is -0.481 e. The highest BCUT2D eigenvalue weighted by Crippen LogP contribution is 2.30. The number of aromatic nitrogens is 2. The lowest BCUT2D eigenvalue weighted by Gasteiger charge is -2.12. The summed E-state index contributed by atoms with van der Waals surface area (Å²) in [5.74, 6) is -2.62. The Morgan fingerprint density at radius 2 is 2.12 bits per heavy atom. The van der Waals surface area contributed by atoms with Gasteiger partial charge in [0, 0.05) is 5.39 Å². The van der Waals surface area contributed by atoms with Crippen molar-refractivity contribution in [3.63, 3.8) is 0 Å². The van der Waals surface area contributed by atoms with E-state index in [0.717, 1.165) is 0 Å². The third kappa shape index (κ3) is 2.25. The van der Waals surface area contributed by atoms with E-state index in [1.807, 2.05) is 0 Å². The summed E-state index contributed by atoms with van der Waals surface area (Å²) in [5.41, 5.74) is 0.733. The Bertz CT molecular complexity index is 539. The topological polar surface area (TPSA) is 66.0 Å². The zero-order chi connectivity index (χ0) is 12.4. The zero-order valence-corrected chi connectivity index (χ0v) is 8.73. The maximum absolute atomic E-state index is 12.8. The Kier molecular flexibility index (Phi) is 3.03. The van der Waals surface area contributed by atoms with Crippen molar-refractivity contribution in [2.45, 2.75) is 18.8 Å². The molecule has 1 aromatic heterocycles. The summed E-state index contributed by atoms with van der Waals surface area (Å²) < 4.78 is 25.7. The Morgan fingerprint density at radius 3 is 2.76 bits per heavy atom. The second kappa shape index (κ2) is 4.48.